The first-order valence-electron chi connectivity index (χ1n) is 6.64. The van der Waals surface area contributed by atoms with Crippen molar-refractivity contribution in [2.45, 2.75) is 27.2 Å². The predicted molar refractivity (Wildman–Crippen MR) is 80.0 cm³/mol. The first-order chi connectivity index (χ1) is 9.39. The second kappa shape index (κ2) is 5.33. The van der Waals surface area contributed by atoms with Gasteiger partial charge in [0.2, 0.25) is 0 Å². The number of esters is 1. The lowest BCUT2D eigenvalue weighted by Gasteiger charge is -2.20. The molecule has 1 aliphatic heterocycles. The maximum Gasteiger partial charge on any atom is 0.350 e. The number of ether oxygens (including phenoxy) is 1. The van der Waals surface area contributed by atoms with Gasteiger partial charge in [0.1, 0.15) is 21.5 Å². The quantitative estimate of drug-likeness (QED) is 0.867. The van der Waals surface area contributed by atoms with E-state index in [4.69, 9.17) is 10.5 Å². The van der Waals surface area contributed by atoms with Crippen LogP contribution in [0.1, 0.15) is 42.4 Å². The molecule has 0 amide bonds. The van der Waals surface area contributed by atoms with Crippen LogP contribution in [-0.4, -0.2) is 25.7 Å². The van der Waals surface area contributed by atoms with E-state index in [0.29, 0.717) is 17.0 Å². The minimum absolute atomic E-state index is 0.218. The Hall–Kier alpha value is -1.74. The van der Waals surface area contributed by atoms with E-state index in [2.05, 4.69) is 24.8 Å². The maximum absolute atomic E-state index is 11.9. The number of nitrogens with zero attached hydrogens (tertiary/aromatic N) is 2. The monoisotopic (exact) mass is 293 g/mol. The zero-order valence-electron chi connectivity index (χ0n) is 12.0. The second-order valence-electron chi connectivity index (χ2n) is 5.69. The molecule has 0 spiro atoms. The van der Waals surface area contributed by atoms with Crippen molar-refractivity contribution in [3.63, 3.8) is 0 Å². The third-order valence-electron chi connectivity index (χ3n) is 3.46. The standard InChI is InChI=1S/C14H19N3O2S/c1-4-19-13(18)11-10(16)9(7-15)12(20-11)17-6-5-14(2,3)8-17/h4-6,8,16H2,1-3H3. The zero-order valence-corrected chi connectivity index (χ0v) is 12.8. The highest BCUT2D eigenvalue weighted by molar-refractivity contribution is 7.18. The number of carbonyl (C=O) groups excluding carboxylic acids is 1. The summed E-state index contributed by atoms with van der Waals surface area (Å²) in [4.78, 5) is 14.3. The maximum atomic E-state index is 11.9. The number of thiophene rings is 1. The Balaban J connectivity index is 2.37. The molecule has 20 heavy (non-hydrogen) atoms. The van der Waals surface area contributed by atoms with Crippen LogP contribution in [0.15, 0.2) is 0 Å². The minimum Gasteiger partial charge on any atom is -0.462 e. The average molecular weight is 293 g/mol. The van der Waals surface area contributed by atoms with Crippen LogP contribution in [0, 0.1) is 16.7 Å². The molecule has 1 aromatic rings. The highest BCUT2D eigenvalue weighted by Gasteiger charge is 2.33. The van der Waals surface area contributed by atoms with Gasteiger partial charge in [-0.1, -0.05) is 13.8 Å². The van der Waals surface area contributed by atoms with Gasteiger partial charge in [0.25, 0.3) is 0 Å². The third-order valence-corrected chi connectivity index (χ3v) is 4.71. The fourth-order valence-corrected chi connectivity index (χ4v) is 3.49. The molecule has 1 aromatic heterocycles. The van der Waals surface area contributed by atoms with Gasteiger partial charge in [-0.25, -0.2) is 4.79 Å². The van der Waals surface area contributed by atoms with Gasteiger partial charge < -0.3 is 15.4 Å². The van der Waals surface area contributed by atoms with Crippen molar-refractivity contribution >= 4 is 28.0 Å². The lowest BCUT2D eigenvalue weighted by Crippen LogP contribution is -2.22. The van der Waals surface area contributed by atoms with Crippen molar-refractivity contribution in [2.75, 3.05) is 30.3 Å². The third kappa shape index (κ3) is 2.59. The van der Waals surface area contributed by atoms with E-state index in [9.17, 15) is 10.1 Å². The van der Waals surface area contributed by atoms with Crippen LogP contribution in [-0.2, 0) is 4.74 Å². The molecular weight excluding hydrogens is 274 g/mol. The predicted octanol–water partition coefficient (Wildman–Crippen LogP) is 2.61. The Morgan fingerprint density at radius 1 is 1.60 bits per heavy atom. The molecule has 0 unspecified atom stereocenters. The number of hydrogen-bond acceptors (Lipinski definition) is 6. The minimum atomic E-state index is -0.448. The van der Waals surface area contributed by atoms with Gasteiger partial charge >= 0.3 is 5.97 Å². The highest BCUT2D eigenvalue weighted by Crippen LogP contribution is 2.42. The van der Waals surface area contributed by atoms with E-state index in [1.807, 2.05) is 0 Å². The van der Waals surface area contributed by atoms with E-state index in [1.165, 1.54) is 11.3 Å². The van der Waals surface area contributed by atoms with Crippen LogP contribution < -0.4 is 10.6 Å². The Morgan fingerprint density at radius 2 is 2.30 bits per heavy atom. The lowest BCUT2D eigenvalue weighted by molar-refractivity contribution is 0.0533. The molecule has 0 saturated carbocycles. The van der Waals surface area contributed by atoms with Crippen molar-refractivity contribution in [1.29, 1.82) is 5.26 Å². The molecule has 2 N–H and O–H groups in total. The Morgan fingerprint density at radius 3 is 2.80 bits per heavy atom. The van der Waals surface area contributed by atoms with Crippen LogP contribution in [0.2, 0.25) is 0 Å². The molecule has 1 fully saturated rings. The van der Waals surface area contributed by atoms with Crippen molar-refractivity contribution < 1.29 is 9.53 Å². The summed E-state index contributed by atoms with van der Waals surface area (Å²) in [7, 11) is 0. The largest absolute Gasteiger partial charge is 0.462 e. The SMILES string of the molecule is CCOC(=O)c1sc(N2CCC(C)(C)C2)c(C#N)c1N. The molecule has 0 bridgehead atoms. The van der Waals surface area contributed by atoms with Gasteiger partial charge in [-0.2, -0.15) is 5.26 Å². The van der Waals surface area contributed by atoms with Gasteiger partial charge in [-0.15, -0.1) is 11.3 Å². The first-order valence-corrected chi connectivity index (χ1v) is 7.45. The number of carbonyl (C=O) groups is 1. The fourth-order valence-electron chi connectivity index (χ4n) is 2.40. The molecule has 5 nitrogen and oxygen atoms in total. The molecule has 0 aromatic carbocycles. The number of rotatable bonds is 3. The Bertz CT molecular complexity index is 572. The summed E-state index contributed by atoms with van der Waals surface area (Å²) in [5.41, 5.74) is 6.80. The molecular formula is C14H19N3O2S. The van der Waals surface area contributed by atoms with E-state index in [1.54, 1.807) is 6.92 Å². The summed E-state index contributed by atoms with van der Waals surface area (Å²) in [6, 6.07) is 2.12. The van der Waals surface area contributed by atoms with E-state index in [-0.39, 0.29) is 11.1 Å². The molecule has 0 atom stereocenters. The van der Waals surface area contributed by atoms with Crippen LogP contribution >= 0.6 is 11.3 Å². The van der Waals surface area contributed by atoms with Crippen LogP contribution in [0.25, 0.3) is 0 Å². The normalized spacial score (nSPS) is 17.0. The highest BCUT2D eigenvalue weighted by atomic mass is 32.1. The molecule has 0 aliphatic carbocycles. The average Bonchev–Trinajstić information content (AvgIpc) is 2.89. The van der Waals surface area contributed by atoms with Crippen LogP contribution in [0.3, 0.4) is 0 Å². The van der Waals surface area contributed by atoms with Gasteiger partial charge in [-0.05, 0) is 18.8 Å². The number of nitriles is 1. The second-order valence-corrected chi connectivity index (χ2v) is 6.69. The van der Waals surface area contributed by atoms with E-state index < -0.39 is 5.97 Å². The first kappa shape index (κ1) is 14.7. The fraction of sp³-hybridized carbons (Fsp3) is 0.571. The smallest absolute Gasteiger partial charge is 0.350 e. The topological polar surface area (TPSA) is 79.3 Å². The van der Waals surface area contributed by atoms with Gasteiger partial charge in [0.05, 0.1) is 12.3 Å². The number of hydrogen-bond donors (Lipinski definition) is 1. The Labute approximate surface area is 122 Å². The van der Waals surface area contributed by atoms with Crippen molar-refractivity contribution in [3.8, 4) is 6.07 Å². The summed E-state index contributed by atoms with van der Waals surface area (Å²) in [6.07, 6.45) is 1.06. The van der Waals surface area contributed by atoms with Gasteiger partial charge in [-0.3, -0.25) is 0 Å². The number of nitrogens with two attached hydrogens (primary N) is 1. The number of anilines is 2. The van der Waals surface area contributed by atoms with Gasteiger partial charge in [0.15, 0.2) is 0 Å². The van der Waals surface area contributed by atoms with Crippen molar-refractivity contribution in [2.24, 2.45) is 5.41 Å². The van der Waals surface area contributed by atoms with E-state index >= 15 is 0 Å². The van der Waals surface area contributed by atoms with Gasteiger partial charge in [0, 0.05) is 13.1 Å². The molecule has 0 radical (unpaired) electrons. The molecule has 2 heterocycles. The molecule has 1 aliphatic rings. The summed E-state index contributed by atoms with van der Waals surface area (Å²) in [6.45, 7) is 8.18. The van der Waals surface area contributed by atoms with Crippen LogP contribution in [0.4, 0.5) is 10.7 Å². The molecule has 1 saturated heterocycles. The lowest BCUT2D eigenvalue weighted by atomic mass is 9.93. The summed E-state index contributed by atoms with van der Waals surface area (Å²) >= 11 is 1.26. The Kier molecular flexibility index (Phi) is 3.91. The molecule has 108 valence electrons. The number of nitrogen functional groups attached to an aromatic ring is 1. The summed E-state index contributed by atoms with van der Waals surface area (Å²) < 4.78 is 4.99. The summed E-state index contributed by atoms with van der Waals surface area (Å²) in [5, 5.41) is 10.1. The van der Waals surface area contributed by atoms with Crippen molar-refractivity contribution in [1.82, 2.24) is 0 Å². The van der Waals surface area contributed by atoms with Crippen molar-refractivity contribution in [3.05, 3.63) is 10.4 Å². The summed E-state index contributed by atoms with van der Waals surface area (Å²) in [5.74, 6) is -0.448. The van der Waals surface area contributed by atoms with E-state index in [0.717, 1.165) is 24.5 Å². The van der Waals surface area contributed by atoms with Crippen LogP contribution in [0.5, 0.6) is 0 Å². The molecule has 6 heteroatoms. The molecule has 2 rings (SSSR count). The zero-order chi connectivity index (χ0) is 14.9.